The highest BCUT2D eigenvalue weighted by atomic mass is 16.7. The number of aliphatic hydroxyl groups is 1. The Morgan fingerprint density at radius 2 is 1.84 bits per heavy atom. The van der Waals surface area contributed by atoms with Crippen LogP contribution in [0.15, 0.2) is 0 Å². The largest absolute Gasteiger partial charge is 0.393 e. The predicted octanol–water partition coefficient (Wildman–Crippen LogP) is 4.97. The lowest BCUT2D eigenvalue weighted by Gasteiger charge is -2.62. The third kappa shape index (κ3) is 2.68. The normalized spacial score (nSPS) is 60.9. The van der Waals surface area contributed by atoms with Crippen molar-refractivity contribution in [3.05, 3.63) is 0 Å². The second kappa shape index (κ2) is 6.79. The van der Waals surface area contributed by atoms with Gasteiger partial charge in [0.2, 0.25) is 0 Å². The molecule has 6 rings (SSSR count). The van der Waals surface area contributed by atoms with Crippen LogP contribution in [0.25, 0.3) is 0 Å². The Morgan fingerprint density at radius 3 is 2.58 bits per heavy atom. The van der Waals surface area contributed by atoms with E-state index in [2.05, 4.69) is 27.7 Å². The molecule has 12 atom stereocenters. The molecule has 0 aromatic heterocycles. The molecule has 6 fully saturated rings. The van der Waals surface area contributed by atoms with Gasteiger partial charge in [0.1, 0.15) is 5.78 Å². The molecule has 0 amide bonds. The predicted molar refractivity (Wildman–Crippen MR) is 118 cm³/mol. The summed E-state index contributed by atoms with van der Waals surface area (Å²) in [5.41, 5.74) is 0.155. The minimum atomic E-state index is -0.417. The molecule has 0 radical (unpaired) electrons. The summed E-state index contributed by atoms with van der Waals surface area (Å²) in [5.74, 6) is 3.69. The van der Waals surface area contributed by atoms with Gasteiger partial charge >= 0.3 is 0 Å². The van der Waals surface area contributed by atoms with Crippen LogP contribution in [0, 0.1) is 52.3 Å². The van der Waals surface area contributed by atoms with Gasteiger partial charge in [-0.05, 0) is 73.5 Å². The van der Waals surface area contributed by atoms with E-state index in [9.17, 15) is 9.90 Å². The van der Waals surface area contributed by atoms with Crippen LogP contribution >= 0.6 is 0 Å². The number of fused-ring (bicyclic) bond motifs is 7. The van der Waals surface area contributed by atoms with Crippen LogP contribution in [0.3, 0.4) is 0 Å². The molecular formula is C27H42O4. The molecule has 0 aromatic rings. The number of carbonyl (C=O) groups is 1. The van der Waals surface area contributed by atoms with Gasteiger partial charge < -0.3 is 14.6 Å². The van der Waals surface area contributed by atoms with Crippen LogP contribution < -0.4 is 0 Å². The first-order valence-corrected chi connectivity index (χ1v) is 13.2. The second-order valence-electron chi connectivity index (χ2n) is 13.0. The van der Waals surface area contributed by atoms with Crippen LogP contribution in [0.1, 0.15) is 85.5 Å². The van der Waals surface area contributed by atoms with Gasteiger partial charge in [0, 0.05) is 36.5 Å². The Kier molecular flexibility index (Phi) is 4.62. The number of carbonyl (C=O) groups excluding carboxylic acids is 1. The molecule has 31 heavy (non-hydrogen) atoms. The SMILES string of the molecule is CC1CCC2(OC1)OC1CC3C4CC[C@H]5CC(=O)CC[C@]5(C)C4C[C@H](O)[C@]3(C)C1[C@@H]2C. The zero-order chi connectivity index (χ0) is 21.8. The number of ketones is 1. The molecule has 6 aliphatic rings. The molecule has 4 heteroatoms. The molecule has 0 aromatic carbocycles. The summed E-state index contributed by atoms with van der Waals surface area (Å²) in [6.45, 7) is 10.3. The van der Waals surface area contributed by atoms with Crippen LogP contribution in [0.2, 0.25) is 0 Å². The lowest BCUT2D eigenvalue weighted by atomic mass is 9.43. The Bertz CT molecular complexity index is 756. The molecule has 1 spiro atoms. The molecule has 2 heterocycles. The number of hydrogen-bond donors (Lipinski definition) is 1. The average molecular weight is 431 g/mol. The van der Waals surface area contributed by atoms with E-state index in [1.165, 1.54) is 19.3 Å². The first-order chi connectivity index (χ1) is 14.7. The van der Waals surface area contributed by atoms with E-state index < -0.39 is 5.79 Å². The molecular weight excluding hydrogens is 388 g/mol. The van der Waals surface area contributed by atoms with Crippen molar-refractivity contribution >= 4 is 5.78 Å². The highest BCUT2D eigenvalue weighted by Crippen LogP contribution is 2.71. The molecule has 7 unspecified atom stereocenters. The van der Waals surface area contributed by atoms with Crippen molar-refractivity contribution in [1.29, 1.82) is 0 Å². The monoisotopic (exact) mass is 430 g/mol. The average Bonchev–Trinajstić information content (AvgIpc) is 3.18. The van der Waals surface area contributed by atoms with Gasteiger partial charge in [-0.2, -0.15) is 0 Å². The summed E-state index contributed by atoms with van der Waals surface area (Å²) in [4.78, 5) is 12.2. The van der Waals surface area contributed by atoms with Gasteiger partial charge in [-0.3, -0.25) is 4.79 Å². The maximum atomic E-state index is 12.2. The Labute approximate surface area is 187 Å². The molecule has 0 bridgehead atoms. The van der Waals surface area contributed by atoms with Gasteiger partial charge in [0.15, 0.2) is 5.79 Å². The Morgan fingerprint density at radius 1 is 1.03 bits per heavy atom. The lowest BCUT2D eigenvalue weighted by molar-refractivity contribution is -0.274. The third-order valence-electron chi connectivity index (χ3n) is 11.9. The summed E-state index contributed by atoms with van der Waals surface area (Å²) < 4.78 is 13.2. The lowest BCUT2D eigenvalue weighted by Crippen LogP contribution is -2.59. The second-order valence-corrected chi connectivity index (χ2v) is 13.0. The number of aliphatic hydroxyl groups excluding tert-OH is 1. The number of ether oxygens (including phenoxy) is 2. The van der Waals surface area contributed by atoms with E-state index in [4.69, 9.17) is 9.47 Å². The van der Waals surface area contributed by atoms with E-state index in [1.807, 2.05) is 0 Å². The van der Waals surface area contributed by atoms with E-state index in [0.29, 0.717) is 47.2 Å². The Balaban J connectivity index is 1.30. The molecule has 4 nitrogen and oxygen atoms in total. The van der Waals surface area contributed by atoms with Crippen molar-refractivity contribution in [2.24, 2.45) is 52.3 Å². The molecule has 4 saturated carbocycles. The summed E-state index contributed by atoms with van der Waals surface area (Å²) in [6, 6.07) is 0. The van der Waals surface area contributed by atoms with Crippen LogP contribution in [0.5, 0.6) is 0 Å². The number of rotatable bonds is 0. The molecule has 1 N–H and O–H groups in total. The number of hydrogen-bond acceptors (Lipinski definition) is 4. The first kappa shape index (κ1) is 21.1. The van der Waals surface area contributed by atoms with Crippen LogP contribution in [0.4, 0.5) is 0 Å². The van der Waals surface area contributed by atoms with Crippen LogP contribution in [-0.2, 0) is 14.3 Å². The fourth-order valence-corrected chi connectivity index (χ4v) is 10.0. The van der Waals surface area contributed by atoms with E-state index in [-0.39, 0.29) is 23.0 Å². The zero-order valence-corrected chi connectivity index (χ0v) is 19.9. The van der Waals surface area contributed by atoms with Crippen molar-refractivity contribution in [2.75, 3.05) is 6.61 Å². The molecule has 4 aliphatic carbocycles. The minimum absolute atomic E-state index is 0.0745. The van der Waals surface area contributed by atoms with Gasteiger partial charge in [-0.15, -0.1) is 0 Å². The van der Waals surface area contributed by atoms with Gasteiger partial charge in [-0.25, -0.2) is 0 Å². The third-order valence-corrected chi connectivity index (χ3v) is 11.9. The minimum Gasteiger partial charge on any atom is -0.393 e. The van der Waals surface area contributed by atoms with Crippen molar-refractivity contribution in [3.8, 4) is 0 Å². The van der Waals surface area contributed by atoms with E-state index in [1.54, 1.807) is 0 Å². The fourth-order valence-electron chi connectivity index (χ4n) is 10.0. The molecule has 2 saturated heterocycles. The maximum absolute atomic E-state index is 12.2. The first-order valence-electron chi connectivity index (χ1n) is 13.2. The summed E-state index contributed by atoms with van der Waals surface area (Å²) in [5, 5.41) is 11.8. The highest BCUT2D eigenvalue weighted by Gasteiger charge is 2.71. The zero-order valence-electron chi connectivity index (χ0n) is 19.9. The van der Waals surface area contributed by atoms with Crippen molar-refractivity contribution in [1.82, 2.24) is 0 Å². The summed E-state index contributed by atoms with van der Waals surface area (Å²) in [7, 11) is 0. The summed E-state index contributed by atoms with van der Waals surface area (Å²) in [6.07, 6.45) is 9.12. The molecule has 2 aliphatic heterocycles. The smallest absolute Gasteiger partial charge is 0.171 e. The maximum Gasteiger partial charge on any atom is 0.171 e. The topological polar surface area (TPSA) is 55.8 Å². The Hall–Kier alpha value is -0.450. The van der Waals surface area contributed by atoms with Crippen molar-refractivity contribution < 1.29 is 19.4 Å². The van der Waals surface area contributed by atoms with E-state index in [0.717, 1.165) is 45.1 Å². The quantitative estimate of drug-likeness (QED) is 0.589. The number of Topliss-reactive ketones (excluding diaryl/α,β-unsaturated/α-hetero) is 1. The van der Waals surface area contributed by atoms with Crippen LogP contribution in [-0.4, -0.2) is 35.5 Å². The van der Waals surface area contributed by atoms with Crippen molar-refractivity contribution in [2.45, 2.75) is 103 Å². The highest BCUT2D eigenvalue weighted by molar-refractivity contribution is 5.79. The van der Waals surface area contributed by atoms with Gasteiger partial charge in [0.05, 0.1) is 18.8 Å². The summed E-state index contributed by atoms with van der Waals surface area (Å²) >= 11 is 0. The van der Waals surface area contributed by atoms with Gasteiger partial charge in [0.25, 0.3) is 0 Å². The van der Waals surface area contributed by atoms with E-state index >= 15 is 0 Å². The van der Waals surface area contributed by atoms with Gasteiger partial charge in [-0.1, -0.05) is 27.7 Å². The molecule has 174 valence electrons. The standard InChI is InChI=1S/C27H42O4/c1-15-7-10-27(30-14-15)16(2)24-22(31-27)12-21-19-6-5-17-11-18(28)8-9-25(17,3)20(19)13-23(29)26(21,24)4/h15-17,19-24,29H,5-14H2,1-4H3/t15?,16-,17-,19?,20?,21?,22?,23-,24?,25-,26+,27?/m0/s1. The van der Waals surface area contributed by atoms with Crippen molar-refractivity contribution in [3.63, 3.8) is 0 Å². The fraction of sp³-hybridized carbons (Fsp3) is 0.963.